The predicted molar refractivity (Wildman–Crippen MR) is 36.0 cm³/mol. The quantitative estimate of drug-likeness (QED) is 0.365. The topological polar surface area (TPSA) is 57.9 Å². The van der Waals surface area contributed by atoms with Crippen molar-refractivity contribution in [3.8, 4) is 0 Å². The van der Waals surface area contributed by atoms with E-state index in [0.717, 1.165) is 0 Å². The molecule has 1 heterocycles. The van der Waals surface area contributed by atoms with Gasteiger partial charge in [0.1, 0.15) is 0 Å². The largest absolute Gasteiger partial charge is 1.00 e. The van der Waals surface area contributed by atoms with E-state index in [0.29, 0.717) is 6.54 Å². The van der Waals surface area contributed by atoms with E-state index < -0.39 is 11.1 Å². The first kappa shape index (κ1) is 11.3. The Morgan fingerprint density at radius 3 is 2.82 bits per heavy atom. The van der Waals surface area contributed by atoms with Gasteiger partial charge < -0.3 is 9.12 Å². The summed E-state index contributed by atoms with van der Waals surface area (Å²) < 4.78 is 21.8. The number of aryl methyl sites for hydroxylation is 1. The molecule has 0 aromatic carbocycles. The van der Waals surface area contributed by atoms with Gasteiger partial charge in [-0.3, -0.25) is 4.21 Å². The molecular formula is C5H7N2NaO2S. The fraction of sp³-hybridized carbons (Fsp3) is 0.400. The number of nitrogens with zero attached hydrogens (tertiary/aromatic N) is 2. The Morgan fingerprint density at radius 2 is 2.36 bits per heavy atom. The molecule has 6 heteroatoms. The molecule has 0 N–H and O–H groups in total. The zero-order chi connectivity index (χ0) is 7.40. The molecule has 0 aliphatic carbocycles. The molecule has 1 aromatic rings. The maximum absolute atomic E-state index is 10.1. The molecule has 0 saturated heterocycles. The molecule has 1 rings (SSSR count). The van der Waals surface area contributed by atoms with Crippen LogP contribution in [0.3, 0.4) is 0 Å². The van der Waals surface area contributed by atoms with E-state index >= 15 is 0 Å². The Bertz CT molecular complexity index is 214. The summed E-state index contributed by atoms with van der Waals surface area (Å²) in [7, 11) is 0. The van der Waals surface area contributed by atoms with Crippen LogP contribution in [-0.2, 0) is 17.6 Å². The van der Waals surface area contributed by atoms with Gasteiger partial charge in [0.2, 0.25) is 0 Å². The van der Waals surface area contributed by atoms with Crippen LogP contribution in [0.1, 0.15) is 0 Å². The molecule has 0 aliphatic heterocycles. The fourth-order valence-corrected chi connectivity index (χ4v) is 0.959. The summed E-state index contributed by atoms with van der Waals surface area (Å²) in [6, 6.07) is 0. The van der Waals surface area contributed by atoms with Gasteiger partial charge in [-0.2, -0.15) is 0 Å². The van der Waals surface area contributed by atoms with Gasteiger partial charge in [-0.15, -0.1) is 0 Å². The summed E-state index contributed by atoms with van der Waals surface area (Å²) in [6.07, 6.45) is 4.94. The zero-order valence-electron chi connectivity index (χ0n) is 6.27. The van der Waals surface area contributed by atoms with Crippen LogP contribution in [0.5, 0.6) is 0 Å². The summed E-state index contributed by atoms with van der Waals surface area (Å²) in [6.45, 7) is 0.482. The Kier molecular flexibility index (Phi) is 6.08. The second-order valence-corrected chi connectivity index (χ2v) is 2.82. The van der Waals surface area contributed by atoms with Gasteiger partial charge in [-0.05, 0) is 0 Å². The van der Waals surface area contributed by atoms with E-state index in [-0.39, 0.29) is 35.3 Å². The Morgan fingerprint density at radius 1 is 1.64 bits per heavy atom. The van der Waals surface area contributed by atoms with Crippen LogP contribution in [0.2, 0.25) is 0 Å². The summed E-state index contributed by atoms with van der Waals surface area (Å²) in [4.78, 5) is 3.76. The van der Waals surface area contributed by atoms with E-state index in [1.165, 1.54) is 0 Å². The molecule has 0 amide bonds. The molecule has 1 atom stereocenters. The van der Waals surface area contributed by atoms with E-state index in [1.807, 2.05) is 0 Å². The molecule has 1 aromatic heterocycles. The van der Waals surface area contributed by atoms with Gasteiger partial charge in [0.05, 0.1) is 6.33 Å². The van der Waals surface area contributed by atoms with Gasteiger partial charge in [-0.25, -0.2) is 4.98 Å². The zero-order valence-corrected chi connectivity index (χ0v) is 9.08. The maximum Gasteiger partial charge on any atom is 1.00 e. The van der Waals surface area contributed by atoms with E-state index in [2.05, 4.69) is 4.98 Å². The van der Waals surface area contributed by atoms with Gasteiger partial charge in [0, 0.05) is 24.7 Å². The van der Waals surface area contributed by atoms with Crippen molar-refractivity contribution >= 4 is 11.1 Å². The second kappa shape index (κ2) is 5.91. The minimum atomic E-state index is -1.95. The number of rotatable bonds is 3. The maximum atomic E-state index is 10.1. The molecule has 56 valence electrons. The molecule has 0 radical (unpaired) electrons. The third kappa shape index (κ3) is 4.71. The van der Waals surface area contributed by atoms with Crippen LogP contribution in [0.25, 0.3) is 0 Å². The third-order valence-electron chi connectivity index (χ3n) is 1.08. The van der Waals surface area contributed by atoms with Crippen molar-refractivity contribution < 1.29 is 38.3 Å². The average Bonchev–Trinajstić information content (AvgIpc) is 2.34. The first-order valence-electron chi connectivity index (χ1n) is 2.80. The minimum absolute atomic E-state index is 0. The molecule has 0 aliphatic rings. The number of imidazole rings is 1. The second-order valence-electron chi connectivity index (χ2n) is 1.81. The Labute approximate surface area is 89.6 Å². The van der Waals surface area contributed by atoms with Crippen molar-refractivity contribution in [1.82, 2.24) is 9.55 Å². The normalized spacial score (nSPS) is 12.1. The number of hydrogen-bond acceptors (Lipinski definition) is 3. The minimum Gasteiger partial charge on any atom is -0.772 e. The molecule has 1 unspecified atom stereocenters. The third-order valence-corrected chi connectivity index (χ3v) is 1.59. The standard InChI is InChI=1S/C5H8N2O2S.Na/c8-10(9)4-3-7-2-1-6-5-7;/h1-2,5H,3-4H2,(H,8,9);/q;+1/p-1. The van der Waals surface area contributed by atoms with Crippen molar-refractivity contribution in [3.63, 3.8) is 0 Å². The van der Waals surface area contributed by atoms with Crippen LogP contribution in [0.4, 0.5) is 0 Å². The first-order chi connectivity index (χ1) is 4.79. The number of aromatic nitrogens is 2. The van der Waals surface area contributed by atoms with Crippen molar-refractivity contribution in [3.05, 3.63) is 18.7 Å². The summed E-state index contributed by atoms with van der Waals surface area (Å²) in [5.41, 5.74) is 0. The van der Waals surface area contributed by atoms with Crippen LogP contribution in [-0.4, -0.2) is 24.1 Å². The van der Waals surface area contributed by atoms with Crippen molar-refractivity contribution in [1.29, 1.82) is 0 Å². The predicted octanol–water partition coefficient (Wildman–Crippen LogP) is -3.23. The van der Waals surface area contributed by atoms with E-state index in [1.54, 1.807) is 23.3 Å². The molecular weight excluding hydrogens is 175 g/mol. The van der Waals surface area contributed by atoms with Crippen LogP contribution < -0.4 is 29.6 Å². The van der Waals surface area contributed by atoms with Crippen LogP contribution >= 0.6 is 0 Å². The average molecular weight is 182 g/mol. The van der Waals surface area contributed by atoms with Crippen molar-refractivity contribution in [2.45, 2.75) is 6.54 Å². The van der Waals surface area contributed by atoms with E-state index in [9.17, 15) is 8.76 Å². The molecule has 0 saturated carbocycles. The molecule has 4 nitrogen and oxygen atoms in total. The molecule has 0 fully saturated rings. The fourth-order valence-electron chi connectivity index (χ4n) is 0.599. The van der Waals surface area contributed by atoms with E-state index in [4.69, 9.17) is 0 Å². The van der Waals surface area contributed by atoms with Crippen LogP contribution in [0.15, 0.2) is 18.7 Å². The Hall–Kier alpha value is 0.320. The summed E-state index contributed by atoms with van der Waals surface area (Å²) in [5, 5.41) is 0. The van der Waals surface area contributed by atoms with Crippen molar-refractivity contribution in [2.24, 2.45) is 0 Å². The van der Waals surface area contributed by atoms with Crippen molar-refractivity contribution in [2.75, 3.05) is 5.75 Å². The van der Waals surface area contributed by atoms with Gasteiger partial charge >= 0.3 is 29.6 Å². The van der Waals surface area contributed by atoms with Gasteiger partial charge in [0.25, 0.3) is 0 Å². The molecule has 0 spiro atoms. The monoisotopic (exact) mass is 182 g/mol. The smallest absolute Gasteiger partial charge is 0.772 e. The molecule has 11 heavy (non-hydrogen) atoms. The summed E-state index contributed by atoms with van der Waals surface area (Å²) in [5.74, 6) is 0.149. The number of hydrogen-bond donors (Lipinski definition) is 0. The Balaban J connectivity index is 0.000001000. The SMILES string of the molecule is O=S([O-])CCn1ccnc1.[Na+]. The van der Waals surface area contributed by atoms with Gasteiger partial charge in [0.15, 0.2) is 0 Å². The molecule has 0 bridgehead atoms. The van der Waals surface area contributed by atoms with Gasteiger partial charge in [-0.1, -0.05) is 11.1 Å². The first-order valence-corrected chi connectivity index (χ1v) is 4.05. The summed E-state index contributed by atoms with van der Waals surface area (Å²) >= 11 is -1.95. The van der Waals surface area contributed by atoms with Crippen LogP contribution in [0, 0.1) is 0 Å².